The lowest BCUT2D eigenvalue weighted by atomic mass is 9.97. The molecule has 0 saturated carbocycles. The minimum Gasteiger partial charge on any atom is -0.309 e. The van der Waals surface area contributed by atoms with Gasteiger partial charge in [-0.25, -0.2) is 4.98 Å². The lowest BCUT2D eigenvalue weighted by Gasteiger charge is -2.13. The van der Waals surface area contributed by atoms with Gasteiger partial charge in [0.2, 0.25) is 5.95 Å². The average Bonchev–Trinajstić information content (AvgIpc) is 3.94. The predicted octanol–water partition coefficient (Wildman–Crippen LogP) is 13.4. The second-order valence-corrected chi connectivity index (χ2v) is 15.5. The summed E-state index contributed by atoms with van der Waals surface area (Å²) in [7, 11) is 0. The molecule has 0 aliphatic carbocycles. The summed E-state index contributed by atoms with van der Waals surface area (Å²) in [5.41, 5.74) is 9.64. The number of hydrogen-bond donors (Lipinski definition) is 0. The second kappa shape index (κ2) is 12.6. The van der Waals surface area contributed by atoms with E-state index in [1.165, 1.54) is 20.2 Å². The first kappa shape index (κ1) is 31.9. The van der Waals surface area contributed by atoms with Gasteiger partial charge in [-0.15, -0.1) is 11.3 Å². The number of nitrogens with zero attached hydrogens (tertiary/aromatic N) is 5. The molecule has 0 spiro atoms. The van der Waals surface area contributed by atoms with E-state index in [0.717, 1.165) is 71.6 Å². The van der Waals surface area contributed by atoms with Gasteiger partial charge in [0.25, 0.3) is 0 Å². The first-order valence-electron chi connectivity index (χ1n) is 19.1. The van der Waals surface area contributed by atoms with Gasteiger partial charge in [-0.3, -0.25) is 4.57 Å². The molecule has 4 aromatic heterocycles. The molecule has 0 radical (unpaired) electrons. The standard InChI is InChI=1S/C51H31N5S/c1-4-16-32(17-5-1)40-31-43-47(39-24-11-13-25-41(39)55(43)35-20-8-3-9-21-35)48-46(40)38-23-10-14-26-42(38)56(48)51-53-49(33-18-6-2-7-19-33)52-50(54-51)34-28-29-37-36-22-12-15-27-44(36)57-45(37)30-34/h1-31H. The van der Waals surface area contributed by atoms with Crippen LogP contribution in [0, 0.1) is 0 Å². The van der Waals surface area contributed by atoms with Crippen LogP contribution in [-0.2, 0) is 0 Å². The number of fused-ring (bicyclic) bond motifs is 10. The van der Waals surface area contributed by atoms with E-state index in [4.69, 9.17) is 15.0 Å². The molecule has 57 heavy (non-hydrogen) atoms. The highest BCUT2D eigenvalue weighted by atomic mass is 32.1. The lowest BCUT2D eigenvalue weighted by Crippen LogP contribution is -2.06. The molecule has 12 rings (SSSR count). The number of benzene rings is 8. The Bertz CT molecular complexity index is 3510. The van der Waals surface area contributed by atoms with Gasteiger partial charge in [-0.1, -0.05) is 146 Å². The molecule has 0 saturated heterocycles. The molecule has 5 nitrogen and oxygen atoms in total. The van der Waals surface area contributed by atoms with Crippen molar-refractivity contribution in [3.63, 3.8) is 0 Å². The van der Waals surface area contributed by atoms with Gasteiger partial charge in [0.1, 0.15) is 0 Å². The molecule has 6 heteroatoms. The Morgan fingerprint density at radius 3 is 1.67 bits per heavy atom. The minimum absolute atomic E-state index is 0.574. The van der Waals surface area contributed by atoms with E-state index in [1.807, 2.05) is 18.2 Å². The van der Waals surface area contributed by atoms with Crippen LogP contribution in [0.1, 0.15) is 0 Å². The SMILES string of the molecule is c1ccc(-c2nc(-c3ccc4c(c3)sc3ccccc34)nc(-n3c4ccccc4c4c(-c5ccccc5)cc5c(c6ccccc6n5-c5ccccc5)c43)n2)cc1. The van der Waals surface area contributed by atoms with E-state index in [9.17, 15) is 0 Å². The number of para-hydroxylation sites is 3. The highest BCUT2D eigenvalue weighted by Gasteiger charge is 2.26. The monoisotopic (exact) mass is 745 g/mol. The zero-order valence-corrected chi connectivity index (χ0v) is 31.4. The fourth-order valence-electron chi connectivity index (χ4n) is 8.69. The molecule has 0 bridgehead atoms. The van der Waals surface area contributed by atoms with Gasteiger partial charge in [0.05, 0.1) is 22.1 Å². The van der Waals surface area contributed by atoms with Gasteiger partial charge >= 0.3 is 0 Å². The third-order valence-corrected chi connectivity index (χ3v) is 12.3. The van der Waals surface area contributed by atoms with Crippen molar-refractivity contribution in [2.75, 3.05) is 0 Å². The van der Waals surface area contributed by atoms with Crippen LogP contribution in [0.4, 0.5) is 0 Å². The van der Waals surface area contributed by atoms with Crippen molar-refractivity contribution in [2.24, 2.45) is 0 Å². The number of rotatable bonds is 5. The second-order valence-electron chi connectivity index (χ2n) is 14.4. The zero-order chi connectivity index (χ0) is 37.5. The third kappa shape index (κ3) is 4.91. The fraction of sp³-hybridized carbons (Fsp3) is 0. The molecule has 0 N–H and O–H groups in total. The molecule has 12 aromatic rings. The van der Waals surface area contributed by atoms with Crippen LogP contribution < -0.4 is 0 Å². The number of aromatic nitrogens is 5. The molecule has 8 aromatic carbocycles. The molecule has 0 aliphatic heterocycles. The largest absolute Gasteiger partial charge is 0.309 e. The summed E-state index contributed by atoms with van der Waals surface area (Å²) in [5.74, 6) is 1.83. The van der Waals surface area contributed by atoms with Gasteiger partial charge in [0, 0.05) is 58.5 Å². The summed E-state index contributed by atoms with van der Waals surface area (Å²) in [6, 6.07) is 66.6. The van der Waals surface area contributed by atoms with E-state index < -0.39 is 0 Å². The summed E-state index contributed by atoms with van der Waals surface area (Å²) in [4.78, 5) is 16.0. The third-order valence-electron chi connectivity index (χ3n) is 11.2. The number of thiophene rings is 1. The van der Waals surface area contributed by atoms with Crippen LogP contribution >= 0.6 is 11.3 Å². The summed E-state index contributed by atoms with van der Waals surface area (Å²) in [5, 5.41) is 7.12. The molecular formula is C51H31N5S. The quantitative estimate of drug-likeness (QED) is 0.176. The Morgan fingerprint density at radius 2 is 0.930 bits per heavy atom. The van der Waals surface area contributed by atoms with Crippen LogP contribution in [0.2, 0.25) is 0 Å². The highest BCUT2D eigenvalue weighted by Crippen LogP contribution is 2.46. The summed E-state index contributed by atoms with van der Waals surface area (Å²) in [6.45, 7) is 0. The van der Waals surface area contributed by atoms with Crippen LogP contribution in [0.15, 0.2) is 188 Å². The van der Waals surface area contributed by atoms with Crippen LogP contribution in [0.3, 0.4) is 0 Å². The predicted molar refractivity (Wildman–Crippen MR) is 238 cm³/mol. The maximum atomic E-state index is 5.43. The molecule has 0 aliphatic rings. The van der Waals surface area contributed by atoms with Gasteiger partial charge in [0.15, 0.2) is 11.6 Å². The van der Waals surface area contributed by atoms with E-state index in [0.29, 0.717) is 17.6 Å². The molecular weight excluding hydrogens is 715 g/mol. The van der Waals surface area contributed by atoms with Crippen molar-refractivity contribution in [2.45, 2.75) is 0 Å². The first-order valence-corrected chi connectivity index (χ1v) is 19.9. The molecule has 0 amide bonds. The van der Waals surface area contributed by atoms with E-state index in [2.05, 4.69) is 179 Å². The Hall–Kier alpha value is -7.41. The highest BCUT2D eigenvalue weighted by molar-refractivity contribution is 7.25. The van der Waals surface area contributed by atoms with E-state index in [-0.39, 0.29) is 0 Å². The Labute approximate surface area is 331 Å². The van der Waals surface area contributed by atoms with Crippen LogP contribution in [0.25, 0.3) is 109 Å². The van der Waals surface area contributed by atoms with Gasteiger partial charge in [-0.05, 0) is 53.6 Å². The summed E-state index contributed by atoms with van der Waals surface area (Å²) >= 11 is 1.80. The Balaban J connectivity index is 1.24. The van der Waals surface area contributed by atoms with Crippen LogP contribution in [0.5, 0.6) is 0 Å². The smallest absolute Gasteiger partial charge is 0.238 e. The average molecular weight is 746 g/mol. The fourth-order valence-corrected chi connectivity index (χ4v) is 9.83. The van der Waals surface area contributed by atoms with Crippen molar-refractivity contribution >= 4 is 75.1 Å². The van der Waals surface area contributed by atoms with Crippen molar-refractivity contribution < 1.29 is 0 Å². The maximum absolute atomic E-state index is 5.43. The van der Waals surface area contributed by atoms with E-state index in [1.54, 1.807) is 11.3 Å². The molecule has 266 valence electrons. The summed E-state index contributed by atoms with van der Waals surface area (Å²) in [6.07, 6.45) is 0. The molecule has 0 unspecified atom stereocenters. The molecule has 4 heterocycles. The maximum Gasteiger partial charge on any atom is 0.238 e. The normalized spacial score (nSPS) is 11.9. The first-order chi connectivity index (χ1) is 28.3. The van der Waals surface area contributed by atoms with Gasteiger partial charge < -0.3 is 4.57 Å². The Morgan fingerprint density at radius 1 is 0.368 bits per heavy atom. The topological polar surface area (TPSA) is 48.5 Å². The van der Waals surface area contributed by atoms with Crippen molar-refractivity contribution in [1.82, 2.24) is 24.1 Å². The van der Waals surface area contributed by atoms with Crippen molar-refractivity contribution in [1.29, 1.82) is 0 Å². The van der Waals surface area contributed by atoms with E-state index >= 15 is 0 Å². The molecule has 0 atom stereocenters. The summed E-state index contributed by atoms with van der Waals surface area (Å²) < 4.78 is 7.16. The minimum atomic E-state index is 0.574. The lowest BCUT2D eigenvalue weighted by molar-refractivity contribution is 0.955. The molecule has 0 fully saturated rings. The number of hydrogen-bond acceptors (Lipinski definition) is 4. The van der Waals surface area contributed by atoms with Crippen molar-refractivity contribution in [3.8, 4) is 45.5 Å². The Kier molecular flexibility index (Phi) is 7.03. The zero-order valence-electron chi connectivity index (χ0n) is 30.5. The van der Waals surface area contributed by atoms with Gasteiger partial charge in [-0.2, -0.15) is 9.97 Å². The van der Waals surface area contributed by atoms with Crippen LogP contribution in [-0.4, -0.2) is 24.1 Å². The van der Waals surface area contributed by atoms with Crippen molar-refractivity contribution in [3.05, 3.63) is 188 Å².